The smallest absolute Gasteiger partial charge is 0.340 e. The highest BCUT2D eigenvalue weighted by atomic mass is 79.9. The fraction of sp³-hybridized carbons (Fsp3) is 0.350. The number of halogens is 1. The number of carbonyl (C=O) groups excluding carboxylic acids is 3. The lowest BCUT2D eigenvalue weighted by atomic mass is 10.1. The predicted molar refractivity (Wildman–Crippen MR) is 109 cm³/mol. The molecule has 28 heavy (non-hydrogen) atoms. The van der Waals surface area contributed by atoms with Crippen LogP contribution in [-0.2, 0) is 20.9 Å². The Morgan fingerprint density at radius 1 is 1.32 bits per heavy atom. The Morgan fingerprint density at radius 2 is 2.00 bits per heavy atom. The third kappa shape index (κ3) is 3.56. The third-order valence-electron chi connectivity index (χ3n) is 5.00. The van der Waals surface area contributed by atoms with Crippen molar-refractivity contribution in [2.75, 3.05) is 20.2 Å². The fourth-order valence-electron chi connectivity index (χ4n) is 3.64. The second-order valence-corrected chi connectivity index (χ2v) is 7.78. The number of nitrogens with zero attached hydrogens (tertiary/aromatic N) is 2. The van der Waals surface area contributed by atoms with Gasteiger partial charge in [-0.1, -0.05) is 22.5 Å². The number of nitrogens with one attached hydrogen (secondary N) is 1. The average molecular weight is 448 g/mol. The number of likely N-dealkylation sites (tertiary alicyclic amines) is 1. The van der Waals surface area contributed by atoms with Gasteiger partial charge in [0.05, 0.1) is 24.2 Å². The van der Waals surface area contributed by atoms with Crippen molar-refractivity contribution in [2.45, 2.75) is 26.4 Å². The van der Waals surface area contributed by atoms with Crippen LogP contribution in [0.5, 0.6) is 0 Å². The molecule has 148 valence electrons. The predicted octanol–water partition coefficient (Wildman–Crippen LogP) is 2.32. The third-order valence-corrected chi connectivity index (χ3v) is 5.45. The quantitative estimate of drug-likeness (QED) is 0.563. The Kier molecular flexibility index (Phi) is 5.60. The van der Waals surface area contributed by atoms with Crippen LogP contribution in [0, 0.1) is 13.8 Å². The molecule has 0 atom stereocenters. The summed E-state index contributed by atoms with van der Waals surface area (Å²) < 4.78 is 7.64. The van der Waals surface area contributed by atoms with E-state index in [2.05, 4.69) is 27.8 Å². The number of hydrogen-bond donors (Lipinski definition) is 1. The number of esters is 1. The Morgan fingerprint density at radius 3 is 2.61 bits per heavy atom. The van der Waals surface area contributed by atoms with Crippen molar-refractivity contribution in [3.05, 3.63) is 46.1 Å². The zero-order valence-electron chi connectivity index (χ0n) is 16.0. The number of hydrogen-bond acceptors (Lipinski definition) is 4. The van der Waals surface area contributed by atoms with Gasteiger partial charge >= 0.3 is 5.97 Å². The van der Waals surface area contributed by atoms with Crippen molar-refractivity contribution < 1.29 is 19.1 Å². The van der Waals surface area contributed by atoms with Gasteiger partial charge in [-0.15, -0.1) is 0 Å². The van der Waals surface area contributed by atoms with Gasteiger partial charge in [0.2, 0.25) is 11.8 Å². The number of benzene rings is 1. The summed E-state index contributed by atoms with van der Waals surface area (Å²) in [5, 5.41) is 3.68. The zero-order chi connectivity index (χ0) is 20.6. The molecule has 0 unspecified atom stereocenters. The zero-order valence-corrected chi connectivity index (χ0v) is 17.6. The summed E-state index contributed by atoms with van der Waals surface area (Å²) in [7, 11) is 1.34. The van der Waals surface area contributed by atoms with Crippen molar-refractivity contribution >= 4 is 44.6 Å². The van der Waals surface area contributed by atoms with Crippen LogP contribution < -0.4 is 5.32 Å². The number of amides is 2. The van der Waals surface area contributed by atoms with E-state index >= 15 is 0 Å². The van der Waals surface area contributed by atoms with Crippen LogP contribution in [0.3, 0.4) is 0 Å². The lowest BCUT2D eigenvalue weighted by Gasteiger charge is -2.38. The van der Waals surface area contributed by atoms with E-state index in [4.69, 9.17) is 4.74 Å². The Balaban J connectivity index is 1.86. The Labute approximate surface area is 171 Å². The molecule has 1 N–H and O–H groups in total. The van der Waals surface area contributed by atoms with Gasteiger partial charge in [0.25, 0.3) is 0 Å². The molecule has 7 nitrogen and oxygen atoms in total. The summed E-state index contributed by atoms with van der Waals surface area (Å²) in [5.41, 5.74) is 2.91. The van der Waals surface area contributed by atoms with Crippen LogP contribution in [0.25, 0.3) is 10.9 Å². The van der Waals surface area contributed by atoms with Gasteiger partial charge < -0.3 is 19.5 Å². The molecule has 1 saturated heterocycles. The summed E-state index contributed by atoms with van der Waals surface area (Å²) in [6.45, 7) is 8.23. The monoisotopic (exact) mass is 447 g/mol. The van der Waals surface area contributed by atoms with E-state index in [0.717, 1.165) is 20.9 Å². The average Bonchev–Trinajstić information content (AvgIpc) is 2.88. The van der Waals surface area contributed by atoms with Crippen molar-refractivity contribution in [1.29, 1.82) is 0 Å². The highest BCUT2D eigenvalue weighted by Crippen LogP contribution is 2.32. The van der Waals surface area contributed by atoms with E-state index in [0.29, 0.717) is 24.3 Å². The van der Waals surface area contributed by atoms with E-state index in [-0.39, 0.29) is 24.4 Å². The maximum atomic E-state index is 12.6. The fourth-order valence-corrected chi connectivity index (χ4v) is 4.21. The topological polar surface area (TPSA) is 80.6 Å². The molecule has 1 aromatic carbocycles. The SMILES string of the molecule is C=CC(=O)N1CC(NC(=O)Cn2c(C)c(C(=O)OC)c3cc(Br)cc(C)c32)C1. The van der Waals surface area contributed by atoms with E-state index in [1.54, 1.807) is 11.8 Å². The number of rotatable bonds is 5. The van der Waals surface area contributed by atoms with Gasteiger partial charge in [0.15, 0.2) is 0 Å². The minimum atomic E-state index is -0.434. The number of aryl methyl sites for hydroxylation is 1. The van der Waals surface area contributed by atoms with Gasteiger partial charge in [-0.25, -0.2) is 4.79 Å². The molecule has 2 aromatic rings. The number of aromatic nitrogens is 1. The molecule has 8 heteroatoms. The molecule has 0 bridgehead atoms. The van der Waals surface area contributed by atoms with Gasteiger partial charge in [-0.3, -0.25) is 9.59 Å². The first-order valence-corrected chi connectivity index (χ1v) is 9.64. The Hall–Kier alpha value is -2.61. The van der Waals surface area contributed by atoms with Crippen molar-refractivity contribution in [2.24, 2.45) is 0 Å². The summed E-state index contributed by atoms with van der Waals surface area (Å²) in [4.78, 5) is 38.1. The molecular weight excluding hydrogens is 426 g/mol. The first kappa shape index (κ1) is 20.1. The molecule has 2 heterocycles. The second-order valence-electron chi connectivity index (χ2n) is 6.87. The first-order chi connectivity index (χ1) is 13.3. The molecule has 0 aliphatic carbocycles. The van der Waals surface area contributed by atoms with Crippen LogP contribution in [-0.4, -0.2) is 53.5 Å². The van der Waals surface area contributed by atoms with Gasteiger partial charge in [0.1, 0.15) is 6.54 Å². The van der Waals surface area contributed by atoms with Crippen LogP contribution in [0.4, 0.5) is 0 Å². The number of carbonyl (C=O) groups is 3. The van der Waals surface area contributed by atoms with Crippen molar-refractivity contribution in [3.63, 3.8) is 0 Å². The maximum absolute atomic E-state index is 12.6. The molecule has 3 rings (SSSR count). The molecule has 0 saturated carbocycles. The summed E-state index contributed by atoms with van der Waals surface area (Å²) >= 11 is 3.47. The summed E-state index contributed by atoms with van der Waals surface area (Å²) in [6.07, 6.45) is 1.27. The number of fused-ring (bicyclic) bond motifs is 1. The lowest BCUT2D eigenvalue weighted by Crippen LogP contribution is -2.61. The molecule has 1 aromatic heterocycles. The van der Waals surface area contributed by atoms with E-state index in [9.17, 15) is 14.4 Å². The molecular formula is C20H22BrN3O4. The second kappa shape index (κ2) is 7.79. The van der Waals surface area contributed by atoms with Crippen molar-refractivity contribution in [3.8, 4) is 0 Å². The minimum absolute atomic E-state index is 0.0751. The van der Waals surface area contributed by atoms with E-state index in [1.807, 2.05) is 23.6 Å². The highest BCUT2D eigenvalue weighted by Gasteiger charge is 2.31. The van der Waals surface area contributed by atoms with Gasteiger partial charge in [-0.05, 0) is 37.6 Å². The molecule has 1 aliphatic rings. The molecule has 2 amide bonds. The first-order valence-electron chi connectivity index (χ1n) is 8.84. The molecule has 0 spiro atoms. The summed E-state index contributed by atoms with van der Waals surface area (Å²) in [5.74, 6) is -0.743. The lowest BCUT2D eigenvalue weighted by molar-refractivity contribution is -0.133. The van der Waals surface area contributed by atoms with E-state index in [1.165, 1.54) is 13.2 Å². The number of ether oxygens (including phenoxy) is 1. The molecule has 1 aliphatic heterocycles. The largest absolute Gasteiger partial charge is 0.465 e. The number of methoxy groups -OCH3 is 1. The normalized spacial score (nSPS) is 13.9. The van der Waals surface area contributed by atoms with Crippen LogP contribution >= 0.6 is 15.9 Å². The van der Waals surface area contributed by atoms with E-state index < -0.39 is 5.97 Å². The summed E-state index contributed by atoms with van der Waals surface area (Å²) in [6, 6.07) is 3.73. The Bertz CT molecular complexity index is 989. The highest BCUT2D eigenvalue weighted by molar-refractivity contribution is 9.10. The van der Waals surface area contributed by atoms with Gasteiger partial charge in [-0.2, -0.15) is 0 Å². The van der Waals surface area contributed by atoms with Crippen molar-refractivity contribution in [1.82, 2.24) is 14.8 Å². The minimum Gasteiger partial charge on any atom is -0.465 e. The van der Waals surface area contributed by atoms with Gasteiger partial charge in [0, 0.05) is 28.6 Å². The van der Waals surface area contributed by atoms with Crippen LogP contribution in [0.2, 0.25) is 0 Å². The standard InChI is InChI=1S/C20H22BrN3O4/c1-5-17(26)23-8-14(9-23)22-16(25)10-24-12(3)18(20(27)28-4)15-7-13(21)6-11(2)19(15)24/h5-7,14H,1,8-10H2,2-4H3,(H,22,25). The molecule has 1 fully saturated rings. The molecule has 0 radical (unpaired) electrons. The maximum Gasteiger partial charge on any atom is 0.340 e. The van der Waals surface area contributed by atoms with Crippen LogP contribution in [0.15, 0.2) is 29.3 Å². The van der Waals surface area contributed by atoms with Crippen LogP contribution in [0.1, 0.15) is 21.6 Å².